The summed E-state index contributed by atoms with van der Waals surface area (Å²) in [7, 11) is 0. The first-order valence-corrected chi connectivity index (χ1v) is 12.5. The number of carbonyl (C=O) groups excluding carboxylic acids is 1. The Morgan fingerprint density at radius 2 is 2.12 bits per heavy atom. The number of aryl methyl sites for hydroxylation is 2. The molecule has 176 valence electrons. The van der Waals surface area contributed by atoms with Crippen LogP contribution in [0, 0.1) is 13.8 Å². The number of rotatable bonds is 9. The monoisotopic (exact) mass is 467 g/mol. The van der Waals surface area contributed by atoms with E-state index in [1.165, 1.54) is 9.75 Å². The lowest BCUT2D eigenvalue weighted by Gasteiger charge is -2.19. The highest BCUT2D eigenvalue weighted by Gasteiger charge is 2.34. The second-order valence-electron chi connectivity index (χ2n) is 9.78. The van der Waals surface area contributed by atoms with Crippen LogP contribution in [0.5, 0.6) is 0 Å². The largest absolute Gasteiger partial charge is 0.390 e. The van der Waals surface area contributed by atoms with Crippen LogP contribution < -0.4 is 5.32 Å². The van der Waals surface area contributed by atoms with Gasteiger partial charge in [-0.05, 0) is 78.9 Å². The lowest BCUT2D eigenvalue weighted by molar-refractivity contribution is 0.0674. The van der Waals surface area contributed by atoms with Gasteiger partial charge in [-0.25, -0.2) is 14.6 Å². The van der Waals surface area contributed by atoms with Gasteiger partial charge in [-0.1, -0.05) is 0 Å². The Kier molecular flexibility index (Phi) is 6.68. The lowest BCUT2D eigenvalue weighted by Crippen LogP contribution is -2.33. The first kappa shape index (κ1) is 23.6. The predicted molar refractivity (Wildman–Crippen MR) is 131 cm³/mol. The molecule has 3 aromatic heterocycles. The van der Waals surface area contributed by atoms with E-state index in [4.69, 9.17) is 4.98 Å². The minimum Gasteiger partial charge on any atom is -0.390 e. The molecule has 0 saturated heterocycles. The van der Waals surface area contributed by atoms with Crippen molar-refractivity contribution in [3.63, 3.8) is 0 Å². The molecule has 0 spiro atoms. The Bertz CT molecular complexity index is 1140. The van der Waals surface area contributed by atoms with Crippen molar-refractivity contribution in [2.45, 2.75) is 84.3 Å². The van der Waals surface area contributed by atoms with E-state index in [0.29, 0.717) is 23.9 Å². The van der Waals surface area contributed by atoms with Gasteiger partial charge < -0.3 is 10.4 Å². The normalized spacial score (nSPS) is 15.0. The van der Waals surface area contributed by atoms with Crippen molar-refractivity contribution in [1.29, 1.82) is 0 Å². The number of nitrogens with zero attached hydrogens (tertiary/aromatic N) is 4. The third-order valence-corrected chi connectivity index (χ3v) is 6.93. The molecule has 4 rings (SSSR count). The van der Waals surface area contributed by atoms with Crippen molar-refractivity contribution < 1.29 is 9.90 Å². The highest BCUT2D eigenvalue weighted by atomic mass is 32.1. The predicted octanol–water partition coefficient (Wildman–Crippen LogP) is 4.94. The van der Waals surface area contributed by atoms with Gasteiger partial charge in [-0.15, -0.1) is 11.3 Å². The topological polar surface area (TPSA) is 92.9 Å². The molecule has 8 heteroatoms. The van der Waals surface area contributed by atoms with Crippen molar-refractivity contribution in [2.24, 2.45) is 0 Å². The van der Waals surface area contributed by atoms with Crippen LogP contribution >= 0.6 is 11.3 Å². The quantitative estimate of drug-likeness (QED) is 0.465. The minimum atomic E-state index is -0.682. The van der Waals surface area contributed by atoms with E-state index >= 15 is 0 Å². The third kappa shape index (κ3) is 5.68. The summed E-state index contributed by atoms with van der Waals surface area (Å²) in [6, 6.07) is 4.08. The molecule has 1 aliphatic carbocycles. The molecular formula is C25H33N5O2S. The number of amides is 1. The van der Waals surface area contributed by atoms with Crippen molar-refractivity contribution >= 4 is 17.2 Å². The summed E-state index contributed by atoms with van der Waals surface area (Å²) in [6.45, 7) is 9.82. The summed E-state index contributed by atoms with van der Waals surface area (Å²) in [5.41, 5.74) is 2.79. The number of thiophene rings is 1. The maximum absolute atomic E-state index is 13.1. The van der Waals surface area contributed by atoms with Crippen LogP contribution in [0.2, 0.25) is 0 Å². The molecular weight excluding hydrogens is 434 g/mol. The first-order chi connectivity index (χ1) is 15.6. The summed E-state index contributed by atoms with van der Waals surface area (Å²) in [4.78, 5) is 24.8. The Hall–Kier alpha value is -2.58. The van der Waals surface area contributed by atoms with Gasteiger partial charge in [0.15, 0.2) is 0 Å². The number of carbonyl (C=O) groups is 1. The van der Waals surface area contributed by atoms with Crippen LogP contribution in [-0.4, -0.2) is 42.4 Å². The summed E-state index contributed by atoms with van der Waals surface area (Å²) in [5, 5.41) is 17.5. The molecule has 0 unspecified atom stereocenters. The zero-order chi connectivity index (χ0) is 23.8. The van der Waals surface area contributed by atoms with E-state index in [9.17, 15) is 9.90 Å². The second kappa shape index (κ2) is 9.35. The third-order valence-electron chi connectivity index (χ3n) is 5.97. The smallest absolute Gasteiger partial charge is 0.254 e. The van der Waals surface area contributed by atoms with E-state index in [1.54, 1.807) is 28.4 Å². The van der Waals surface area contributed by atoms with Gasteiger partial charge in [0, 0.05) is 33.5 Å². The van der Waals surface area contributed by atoms with E-state index in [-0.39, 0.29) is 11.9 Å². The van der Waals surface area contributed by atoms with Crippen LogP contribution in [0.15, 0.2) is 24.5 Å². The number of aromatic nitrogens is 4. The highest BCUT2D eigenvalue weighted by molar-refractivity contribution is 7.12. The van der Waals surface area contributed by atoms with Gasteiger partial charge in [0.1, 0.15) is 0 Å². The van der Waals surface area contributed by atoms with Crippen LogP contribution in [0.25, 0.3) is 17.2 Å². The summed E-state index contributed by atoms with van der Waals surface area (Å²) < 4.78 is 1.74. The van der Waals surface area contributed by atoms with Crippen molar-refractivity contribution in [2.75, 3.05) is 0 Å². The summed E-state index contributed by atoms with van der Waals surface area (Å²) in [5.74, 6) is 0.686. The van der Waals surface area contributed by atoms with Crippen molar-refractivity contribution in [3.05, 3.63) is 45.5 Å². The molecule has 3 heterocycles. The molecule has 0 bridgehead atoms. The van der Waals surface area contributed by atoms with Gasteiger partial charge in [0.25, 0.3) is 11.9 Å². The van der Waals surface area contributed by atoms with Crippen LogP contribution in [0.1, 0.15) is 84.6 Å². The molecule has 2 N–H and O–H groups in total. The summed E-state index contributed by atoms with van der Waals surface area (Å²) in [6.07, 6.45) is 7.84. The SMILES string of the molecule is Cc1cc(-c2ccnc(-n3ncc(C(=O)N[C@H](C)CCCC(C)(C)O)c3C3CC3)n2)c(C)s1. The zero-order valence-corrected chi connectivity index (χ0v) is 20.9. The summed E-state index contributed by atoms with van der Waals surface area (Å²) >= 11 is 1.75. The molecule has 0 aliphatic heterocycles. The average Bonchev–Trinajstić information content (AvgIpc) is 3.38. The number of nitrogens with one attached hydrogen (secondary N) is 1. The molecule has 7 nitrogen and oxygen atoms in total. The van der Waals surface area contributed by atoms with Gasteiger partial charge in [0.05, 0.1) is 28.7 Å². The average molecular weight is 468 g/mol. The first-order valence-electron chi connectivity index (χ1n) is 11.6. The molecule has 33 heavy (non-hydrogen) atoms. The van der Waals surface area contributed by atoms with Gasteiger partial charge in [-0.2, -0.15) is 5.10 Å². The minimum absolute atomic E-state index is 0.0136. The maximum atomic E-state index is 13.1. The Morgan fingerprint density at radius 3 is 2.76 bits per heavy atom. The molecule has 0 aromatic carbocycles. The second-order valence-corrected chi connectivity index (χ2v) is 11.2. The fraction of sp³-hybridized carbons (Fsp3) is 0.520. The van der Waals surface area contributed by atoms with E-state index in [2.05, 4.69) is 35.3 Å². The fourth-order valence-electron chi connectivity index (χ4n) is 4.14. The molecule has 1 atom stereocenters. The van der Waals surface area contributed by atoms with Gasteiger partial charge in [-0.3, -0.25) is 4.79 Å². The van der Waals surface area contributed by atoms with Crippen molar-refractivity contribution in [1.82, 2.24) is 25.1 Å². The van der Waals surface area contributed by atoms with E-state index in [1.807, 2.05) is 26.8 Å². The van der Waals surface area contributed by atoms with Crippen LogP contribution in [-0.2, 0) is 0 Å². The van der Waals surface area contributed by atoms with Crippen molar-refractivity contribution in [3.8, 4) is 17.2 Å². The molecule has 1 fully saturated rings. The zero-order valence-electron chi connectivity index (χ0n) is 20.1. The molecule has 1 saturated carbocycles. The molecule has 0 radical (unpaired) electrons. The lowest BCUT2D eigenvalue weighted by atomic mass is 9.99. The standard InChI is InChI=1S/C25H33N5O2S/c1-15(7-6-11-25(4,5)32)28-23(31)20-14-27-30(22(20)18-8-9-18)24-26-12-10-21(29-24)19-13-16(2)33-17(19)3/h10,12-15,18,32H,6-9,11H2,1-5H3,(H,28,31)/t15-/m1/s1. The number of hydrogen-bond acceptors (Lipinski definition) is 6. The molecule has 1 aliphatic rings. The number of aliphatic hydroxyl groups is 1. The Morgan fingerprint density at radius 1 is 1.36 bits per heavy atom. The van der Waals surface area contributed by atoms with Crippen LogP contribution in [0.3, 0.4) is 0 Å². The highest BCUT2D eigenvalue weighted by Crippen LogP contribution is 2.42. The van der Waals surface area contributed by atoms with Crippen LogP contribution in [0.4, 0.5) is 0 Å². The van der Waals surface area contributed by atoms with E-state index < -0.39 is 5.60 Å². The maximum Gasteiger partial charge on any atom is 0.254 e. The Balaban J connectivity index is 1.55. The van der Waals surface area contributed by atoms with E-state index in [0.717, 1.165) is 42.6 Å². The van der Waals surface area contributed by atoms with Gasteiger partial charge in [0.2, 0.25) is 0 Å². The number of hydrogen-bond donors (Lipinski definition) is 2. The fourth-order valence-corrected chi connectivity index (χ4v) is 5.08. The molecule has 1 amide bonds. The molecule has 3 aromatic rings. The van der Waals surface area contributed by atoms with Gasteiger partial charge >= 0.3 is 0 Å². The Labute approximate surface area is 199 Å².